The van der Waals surface area contributed by atoms with Crippen LogP contribution in [0.1, 0.15) is 11.8 Å². The molecule has 0 aliphatic carbocycles. The Bertz CT molecular complexity index is 339. The number of halogens is 1. The fourth-order valence-corrected chi connectivity index (χ4v) is 3.40. The monoisotopic (exact) mass is 318 g/mol. The second kappa shape index (κ2) is 6.85. The number of morpholine rings is 1. The minimum atomic E-state index is 0.516. The van der Waals surface area contributed by atoms with Crippen LogP contribution in [0.5, 0.6) is 0 Å². The zero-order chi connectivity index (χ0) is 12.1. The van der Waals surface area contributed by atoms with E-state index in [-0.39, 0.29) is 0 Å². The molecule has 0 amide bonds. The van der Waals surface area contributed by atoms with E-state index in [9.17, 15) is 0 Å². The summed E-state index contributed by atoms with van der Waals surface area (Å²) in [6.07, 6.45) is 0. The average Bonchev–Trinajstić information content (AvgIpc) is 2.74. The van der Waals surface area contributed by atoms with E-state index in [2.05, 4.69) is 44.5 Å². The van der Waals surface area contributed by atoms with Gasteiger partial charge in [0.15, 0.2) is 0 Å². The summed E-state index contributed by atoms with van der Waals surface area (Å²) >= 11 is 5.35. The summed E-state index contributed by atoms with van der Waals surface area (Å²) in [4.78, 5) is 3.84. The van der Waals surface area contributed by atoms with Gasteiger partial charge in [0.1, 0.15) is 0 Å². The highest BCUT2D eigenvalue weighted by Gasteiger charge is 2.13. The number of ether oxygens (including phenoxy) is 1. The molecule has 1 aliphatic rings. The Morgan fingerprint density at radius 2 is 2.29 bits per heavy atom. The molecular weight excluding hydrogens is 300 g/mol. The molecule has 1 saturated heterocycles. The van der Waals surface area contributed by atoms with Crippen molar-refractivity contribution in [1.29, 1.82) is 0 Å². The van der Waals surface area contributed by atoms with E-state index in [1.807, 2.05) is 0 Å². The van der Waals surface area contributed by atoms with Crippen LogP contribution in [0.2, 0.25) is 0 Å². The Balaban J connectivity index is 1.70. The van der Waals surface area contributed by atoms with Crippen molar-refractivity contribution in [3.05, 3.63) is 20.8 Å². The quantitative estimate of drug-likeness (QED) is 0.901. The molecule has 1 fully saturated rings. The molecule has 96 valence electrons. The van der Waals surface area contributed by atoms with Crippen molar-refractivity contribution in [3.63, 3.8) is 0 Å². The first kappa shape index (κ1) is 13.5. The highest BCUT2D eigenvalue weighted by atomic mass is 79.9. The fraction of sp³-hybridized carbons (Fsp3) is 0.667. The van der Waals surface area contributed by atoms with Crippen LogP contribution in [0.25, 0.3) is 0 Å². The lowest BCUT2D eigenvalue weighted by atomic mass is 10.3. The summed E-state index contributed by atoms with van der Waals surface area (Å²) < 4.78 is 6.57. The Morgan fingerprint density at radius 1 is 1.53 bits per heavy atom. The minimum Gasteiger partial charge on any atom is -0.379 e. The van der Waals surface area contributed by atoms with Gasteiger partial charge in [0.2, 0.25) is 0 Å². The zero-order valence-corrected chi connectivity index (χ0v) is 12.5. The Morgan fingerprint density at radius 3 is 2.94 bits per heavy atom. The van der Waals surface area contributed by atoms with Gasteiger partial charge in [-0.05, 0) is 34.3 Å². The van der Waals surface area contributed by atoms with Crippen LogP contribution in [-0.4, -0.2) is 43.8 Å². The molecule has 17 heavy (non-hydrogen) atoms. The third-order valence-corrected chi connectivity index (χ3v) is 4.86. The molecule has 1 atom stereocenters. The van der Waals surface area contributed by atoms with E-state index < -0.39 is 0 Å². The predicted molar refractivity (Wildman–Crippen MR) is 75.6 cm³/mol. The molecule has 0 saturated carbocycles. The number of nitrogens with zero attached hydrogens (tertiary/aromatic N) is 1. The van der Waals surface area contributed by atoms with E-state index in [0.717, 1.165) is 39.4 Å². The van der Waals surface area contributed by atoms with Gasteiger partial charge in [0.25, 0.3) is 0 Å². The topological polar surface area (TPSA) is 24.5 Å². The highest BCUT2D eigenvalue weighted by molar-refractivity contribution is 9.10. The van der Waals surface area contributed by atoms with Gasteiger partial charge in [-0.1, -0.05) is 0 Å². The Labute approximate surface area is 115 Å². The molecule has 2 rings (SSSR count). The van der Waals surface area contributed by atoms with Crippen molar-refractivity contribution in [3.8, 4) is 0 Å². The molecule has 5 heteroatoms. The molecule has 1 aromatic heterocycles. The molecule has 0 radical (unpaired) electrons. The summed E-state index contributed by atoms with van der Waals surface area (Å²) in [5, 5.41) is 5.69. The van der Waals surface area contributed by atoms with E-state index in [0.29, 0.717) is 6.04 Å². The summed E-state index contributed by atoms with van der Waals surface area (Å²) in [5.74, 6) is 0. The third-order valence-electron chi connectivity index (χ3n) is 2.94. The van der Waals surface area contributed by atoms with Gasteiger partial charge >= 0.3 is 0 Å². The number of hydrogen-bond donors (Lipinski definition) is 1. The van der Waals surface area contributed by atoms with Crippen LogP contribution >= 0.6 is 27.3 Å². The number of nitrogens with one attached hydrogen (secondary N) is 1. The molecule has 0 aromatic carbocycles. The molecule has 1 unspecified atom stereocenters. The zero-order valence-electron chi connectivity index (χ0n) is 10.1. The first-order valence-corrected chi connectivity index (χ1v) is 7.68. The summed E-state index contributed by atoms with van der Waals surface area (Å²) in [6, 6.07) is 2.62. The SMILES string of the molecule is CC(CN1CCOCC1)NCc1sccc1Br. The molecule has 1 aromatic rings. The van der Waals surface area contributed by atoms with Gasteiger partial charge in [-0.15, -0.1) is 11.3 Å². The van der Waals surface area contributed by atoms with Gasteiger partial charge in [-0.25, -0.2) is 0 Å². The maximum absolute atomic E-state index is 5.35. The van der Waals surface area contributed by atoms with Crippen molar-refractivity contribution in [1.82, 2.24) is 10.2 Å². The summed E-state index contributed by atoms with van der Waals surface area (Å²) in [5.41, 5.74) is 0. The molecule has 1 aliphatic heterocycles. The van der Waals surface area contributed by atoms with Crippen LogP contribution in [0, 0.1) is 0 Å². The molecule has 0 spiro atoms. The highest BCUT2D eigenvalue weighted by Crippen LogP contribution is 2.22. The maximum Gasteiger partial charge on any atom is 0.0594 e. The van der Waals surface area contributed by atoms with Crippen molar-refractivity contribution < 1.29 is 4.74 Å². The second-order valence-corrected chi connectivity index (χ2v) is 6.24. The van der Waals surface area contributed by atoms with E-state index in [1.165, 1.54) is 9.35 Å². The van der Waals surface area contributed by atoms with Gasteiger partial charge < -0.3 is 10.1 Å². The number of rotatable bonds is 5. The molecule has 2 heterocycles. The normalized spacial score (nSPS) is 19.4. The van der Waals surface area contributed by atoms with Gasteiger partial charge in [-0.2, -0.15) is 0 Å². The van der Waals surface area contributed by atoms with E-state index in [4.69, 9.17) is 4.74 Å². The Kier molecular flexibility index (Phi) is 5.44. The van der Waals surface area contributed by atoms with Crippen LogP contribution < -0.4 is 5.32 Å². The van der Waals surface area contributed by atoms with Crippen LogP contribution in [0.3, 0.4) is 0 Å². The van der Waals surface area contributed by atoms with E-state index in [1.54, 1.807) is 11.3 Å². The fourth-order valence-electron chi connectivity index (χ4n) is 1.95. The lowest BCUT2D eigenvalue weighted by Crippen LogP contribution is -2.44. The number of hydrogen-bond acceptors (Lipinski definition) is 4. The van der Waals surface area contributed by atoms with Crippen molar-refractivity contribution in [2.24, 2.45) is 0 Å². The number of thiophene rings is 1. The first-order chi connectivity index (χ1) is 8.25. The third kappa shape index (κ3) is 4.34. The molecule has 3 nitrogen and oxygen atoms in total. The predicted octanol–water partition coefficient (Wildman–Crippen LogP) is 2.32. The molecular formula is C12H19BrN2OS. The van der Waals surface area contributed by atoms with Crippen molar-refractivity contribution in [2.75, 3.05) is 32.8 Å². The average molecular weight is 319 g/mol. The second-order valence-electron chi connectivity index (χ2n) is 4.39. The van der Waals surface area contributed by atoms with Gasteiger partial charge in [-0.3, -0.25) is 4.90 Å². The smallest absolute Gasteiger partial charge is 0.0594 e. The molecule has 0 bridgehead atoms. The lowest BCUT2D eigenvalue weighted by Gasteiger charge is -2.29. The minimum absolute atomic E-state index is 0.516. The van der Waals surface area contributed by atoms with E-state index >= 15 is 0 Å². The summed E-state index contributed by atoms with van der Waals surface area (Å²) in [7, 11) is 0. The lowest BCUT2D eigenvalue weighted by molar-refractivity contribution is 0.0343. The van der Waals surface area contributed by atoms with Crippen molar-refractivity contribution in [2.45, 2.75) is 19.5 Å². The largest absolute Gasteiger partial charge is 0.379 e. The van der Waals surface area contributed by atoms with Gasteiger partial charge in [0.05, 0.1) is 13.2 Å². The van der Waals surface area contributed by atoms with Crippen molar-refractivity contribution >= 4 is 27.3 Å². The maximum atomic E-state index is 5.35. The van der Waals surface area contributed by atoms with Crippen LogP contribution in [0.4, 0.5) is 0 Å². The van der Waals surface area contributed by atoms with Crippen LogP contribution in [0.15, 0.2) is 15.9 Å². The van der Waals surface area contributed by atoms with Crippen LogP contribution in [-0.2, 0) is 11.3 Å². The first-order valence-electron chi connectivity index (χ1n) is 6.01. The van der Waals surface area contributed by atoms with Gasteiger partial charge in [0, 0.05) is 41.6 Å². The standard InChI is InChI=1S/C12H19BrN2OS/c1-10(9-15-3-5-16-6-4-15)14-8-12-11(13)2-7-17-12/h2,7,10,14H,3-6,8-9H2,1H3. The summed E-state index contributed by atoms with van der Waals surface area (Å²) in [6.45, 7) is 8.18. The molecule has 1 N–H and O–H groups in total. The Hall–Kier alpha value is 0.0600.